The van der Waals surface area contributed by atoms with E-state index in [0.29, 0.717) is 18.2 Å². The fraction of sp³-hybridized carbons (Fsp3) is 0.917. The minimum Gasteiger partial charge on any atom is -0.379 e. The summed E-state index contributed by atoms with van der Waals surface area (Å²) in [6.07, 6.45) is 1.77. The van der Waals surface area contributed by atoms with Gasteiger partial charge in [-0.1, -0.05) is 0 Å². The van der Waals surface area contributed by atoms with Crippen LogP contribution in [0.2, 0.25) is 0 Å². The van der Waals surface area contributed by atoms with E-state index in [-0.39, 0.29) is 0 Å². The number of hydrogen-bond acceptors (Lipinski definition) is 4. The summed E-state index contributed by atoms with van der Waals surface area (Å²) in [5.74, 6) is 1.60. The van der Waals surface area contributed by atoms with E-state index in [1.54, 1.807) is 0 Å². The Morgan fingerprint density at radius 1 is 1.29 bits per heavy atom. The topological polar surface area (TPSA) is 32.8 Å². The molecule has 2 aliphatic heterocycles. The molecule has 0 radical (unpaired) electrons. The highest BCUT2D eigenvalue weighted by atomic mass is 32.1. The molecule has 0 aliphatic carbocycles. The lowest BCUT2D eigenvalue weighted by Gasteiger charge is -2.27. The standard InChI is InChI=1S/C12H22N2O2S/c15-12-8-11(10-17)9-14(12)3-1-2-13-4-6-16-7-5-13/h11,17H,1-10H2. The van der Waals surface area contributed by atoms with E-state index in [2.05, 4.69) is 17.5 Å². The van der Waals surface area contributed by atoms with Crippen LogP contribution >= 0.6 is 12.6 Å². The van der Waals surface area contributed by atoms with Crippen LogP contribution < -0.4 is 0 Å². The molecule has 1 atom stereocenters. The van der Waals surface area contributed by atoms with Crippen LogP contribution in [-0.2, 0) is 9.53 Å². The maximum absolute atomic E-state index is 11.7. The molecule has 0 aromatic heterocycles. The first-order chi connectivity index (χ1) is 8.29. The van der Waals surface area contributed by atoms with Gasteiger partial charge in [-0.05, 0) is 18.1 Å². The number of carbonyl (C=O) groups excluding carboxylic acids is 1. The number of nitrogens with zero attached hydrogens (tertiary/aromatic N) is 2. The SMILES string of the molecule is O=C1CC(CS)CN1CCCN1CCOCC1. The summed E-state index contributed by atoms with van der Waals surface area (Å²) in [6.45, 7) is 6.67. The second-order valence-electron chi connectivity index (χ2n) is 4.90. The quantitative estimate of drug-likeness (QED) is 0.729. The van der Waals surface area contributed by atoms with E-state index in [1.807, 2.05) is 4.90 Å². The predicted octanol–water partition coefficient (Wildman–Crippen LogP) is 0.487. The number of morpholine rings is 1. The van der Waals surface area contributed by atoms with Crippen molar-refractivity contribution in [3.63, 3.8) is 0 Å². The molecule has 2 aliphatic rings. The minimum atomic E-state index is 0.311. The monoisotopic (exact) mass is 258 g/mol. The van der Waals surface area contributed by atoms with Crippen LogP contribution in [0.3, 0.4) is 0 Å². The number of carbonyl (C=O) groups is 1. The van der Waals surface area contributed by atoms with Gasteiger partial charge in [0.25, 0.3) is 0 Å². The van der Waals surface area contributed by atoms with Crippen LogP contribution in [0, 0.1) is 5.92 Å². The smallest absolute Gasteiger partial charge is 0.222 e. The first-order valence-electron chi connectivity index (χ1n) is 6.48. The predicted molar refractivity (Wildman–Crippen MR) is 70.4 cm³/mol. The van der Waals surface area contributed by atoms with Crippen molar-refractivity contribution in [2.75, 3.05) is 51.7 Å². The third-order valence-corrected chi connectivity index (χ3v) is 4.08. The number of ether oxygens (including phenoxy) is 1. The van der Waals surface area contributed by atoms with Crippen molar-refractivity contribution in [2.24, 2.45) is 5.92 Å². The third kappa shape index (κ3) is 3.86. The zero-order chi connectivity index (χ0) is 12.1. The molecular weight excluding hydrogens is 236 g/mol. The van der Waals surface area contributed by atoms with Gasteiger partial charge in [0.2, 0.25) is 5.91 Å². The Morgan fingerprint density at radius 2 is 2.06 bits per heavy atom. The van der Waals surface area contributed by atoms with Gasteiger partial charge in [-0.25, -0.2) is 0 Å². The van der Waals surface area contributed by atoms with Crippen LogP contribution in [0.5, 0.6) is 0 Å². The molecule has 0 saturated carbocycles. The lowest BCUT2D eigenvalue weighted by atomic mass is 10.1. The van der Waals surface area contributed by atoms with Gasteiger partial charge in [0.05, 0.1) is 13.2 Å². The Bertz CT molecular complexity index is 257. The molecule has 5 heteroatoms. The largest absolute Gasteiger partial charge is 0.379 e. The van der Waals surface area contributed by atoms with E-state index in [0.717, 1.165) is 58.1 Å². The first-order valence-corrected chi connectivity index (χ1v) is 7.11. The van der Waals surface area contributed by atoms with Crippen LogP contribution in [0.15, 0.2) is 0 Å². The van der Waals surface area contributed by atoms with E-state index >= 15 is 0 Å². The van der Waals surface area contributed by atoms with Gasteiger partial charge in [-0.3, -0.25) is 9.69 Å². The molecule has 1 amide bonds. The van der Waals surface area contributed by atoms with Crippen molar-refractivity contribution in [2.45, 2.75) is 12.8 Å². The Labute approximate surface area is 109 Å². The Morgan fingerprint density at radius 3 is 2.71 bits per heavy atom. The summed E-state index contributed by atoms with van der Waals surface area (Å²) >= 11 is 4.27. The number of thiol groups is 1. The van der Waals surface area contributed by atoms with Gasteiger partial charge < -0.3 is 9.64 Å². The third-order valence-electron chi connectivity index (χ3n) is 3.56. The fourth-order valence-electron chi connectivity index (χ4n) is 2.50. The normalized spacial score (nSPS) is 26.8. The van der Waals surface area contributed by atoms with Crippen molar-refractivity contribution in [3.8, 4) is 0 Å². The molecule has 2 saturated heterocycles. The number of rotatable bonds is 5. The van der Waals surface area contributed by atoms with Gasteiger partial charge in [0, 0.05) is 39.1 Å². The summed E-state index contributed by atoms with van der Waals surface area (Å²) in [4.78, 5) is 16.1. The molecule has 98 valence electrons. The maximum Gasteiger partial charge on any atom is 0.222 e. The second kappa shape index (κ2) is 6.61. The Kier molecular flexibility index (Phi) is 5.13. The molecule has 2 rings (SSSR count). The summed E-state index contributed by atoms with van der Waals surface area (Å²) in [7, 11) is 0. The first kappa shape index (κ1) is 13.2. The fourth-order valence-corrected chi connectivity index (χ4v) is 2.75. The van der Waals surface area contributed by atoms with Crippen LogP contribution in [0.25, 0.3) is 0 Å². The van der Waals surface area contributed by atoms with Crippen LogP contribution in [0.4, 0.5) is 0 Å². The molecule has 4 nitrogen and oxygen atoms in total. The van der Waals surface area contributed by atoms with Gasteiger partial charge in [0.15, 0.2) is 0 Å². The van der Waals surface area contributed by atoms with Crippen LogP contribution in [-0.4, -0.2) is 67.4 Å². The zero-order valence-corrected chi connectivity index (χ0v) is 11.2. The molecule has 17 heavy (non-hydrogen) atoms. The molecule has 0 aromatic carbocycles. The van der Waals surface area contributed by atoms with Crippen molar-refractivity contribution >= 4 is 18.5 Å². The van der Waals surface area contributed by atoms with Crippen molar-refractivity contribution in [3.05, 3.63) is 0 Å². The van der Waals surface area contributed by atoms with E-state index in [1.165, 1.54) is 0 Å². The lowest BCUT2D eigenvalue weighted by molar-refractivity contribution is -0.127. The van der Waals surface area contributed by atoms with Gasteiger partial charge >= 0.3 is 0 Å². The number of amides is 1. The molecule has 0 spiro atoms. The Balaban J connectivity index is 1.63. The number of hydrogen-bond donors (Lipinski definition) is 1. The van der Waals surface area contributed by atoms with E-state index in [4.69, 9.17) is 4.74 Å². The van der Waals surface area contributed by atoms with Crippen LogP contribution in [0.1, 0.15) is 12.8 Å². The van der Waals surface area contributed by atoms with Gasteiger partial charge in [-0.2, -0.15) is 12.6 Å². The van der Waals surface area contributed by atoms with Gasteiger partial charge in [0.1, 0.15) is 0 Å². The molecule has 0 N–H and O–H groups in total. The summed E-state index contributed by atoms with van der Waals surface area (Å²) in [5, 5.41) is 0. The van der Waals surface area contributed by atoms with Crippen molar-refractivity contribution < 1.29 is 9.53 Å². The minimum absolute atomic E-state index is 0.311. The summed E-state index contributed by atoms with van der Waals surface area (Å²) < 4.78 is 5.31. The maximum atomic E-state index is 11.7. The molecular formula is C12H22N2O2S. The highest BCUT2D eigenvalue weighted by Gasteiger charge is 2.27. The highest BCUT2D eigenvalue weighted by Crippen LogP contribution is 2.18. The van der Waals surface area contributed by atoms with E-state index in [9.17, 15) is 4.79 Å². The molecule has 0 aromatic rings. The molecule has 1 unspecified atom stereocenters. The van der Waals surface area contributed by atoms with E-state index < -0.39 is 0 Å². The molecule has 0 bridgehead atoms. The second-order valence-corrected chi connectivity index (χ2v) is 5.27. The van der Waals surface area contributed by atoms with Gasteiger partial charge in [-0.15, -0.1) is 0 Å². The van der Waals surface area contributed by atoms with Crippen molar-refractivity contribution in [1.82, 2.24) is 9.80 Å². The lowest BCUT2D eigenvalue weighted by Crippen LogP contribution is -2.38. The van der Waals surface area contributed by atoms with Crippen molar-refractivity contribution in [1.29, 1.82) is 0 Å². The molecule has 2 heterocycles. The molecule has 2 fully saturated rings. The summed E-state index contributed by atoms with van der Waals surface area (Å²) in [5.41, 5.74) is 0. The Hall–Kier alpha value is -0.260. The average molecular weight is 258 g/mol. The summed E-state index contributed by atoms with van der Waals surface area (Å²) in [6, 6.07) is 0. The highest BCUT2D eigenvalue weighted by molar-refractivity contribution is 7.80. The number of likely N-dealkylation sites (tertiary alicyclic amines) is 1. The average Bonchev–Trinajstić information content (AvgIpc) is 2.72. The zero-order valence-electron chi connectivity index (χ0n) is 10.3.